The minimum absolute atomic E-state index is 0.0221. The number of aliphatic hydroxyl groups excluding tert-OH is 2. The van der Waals surface area contributed by atoms with Crippen molar-refractivity contribution in [3.8, 4) is 11.1 Å². The second-order valence-corrected chi connectivity index (χ2v) is 4.66. The summed E-state index contributed by atoms with van der Waals surface area (Å²) in [6.45, 7) is 2.83. The van der Waals surface area contributed by atoms with Crippen LogP contribution in [0.15, 0.2) is 34.9 Å². The van der Waals surface area contributed by atoms with Gasteiger partial charge in [0.2, 0.25) is 0 Å². The van der Waals surface area contributed by atoms with Crippen molar-refractivity contribution in [3.63, 3.8) is 0 Å². The fourth-order valence-electron chi connectivity index (χ4n) is 2.24. The van der Waals surface area contributed by atoms with Gasteiger partial charge in [-0.15, -0.1) is 0 Å². The van der Waals surface area contributed by atoms with E-state index in [1.165, 1.54) is 0 Å². The molecule has 1 aromatic carbocycles. The molecular formula is C15H20N2O3. The van der Waals surface area contributed by atoms with Gasteiger partial charge >= 0.3 is 0 Å². The fourth-order valence-corrected chi connectivity index (χ4v) is 2.24. The number of hydrogen-bond donors (Lipinski definition) is 3. The van der Waals surface area contributed by atoms with Crippen LogP contribution >= 0.6 is 0 Å². The Labute approximate surface area is 118 Å². The zero-order chi connectivity index (χ0) is 14.5. The molecule has 2 rings (SSSR count). The normalized spacial score (nSPS) is 10.8. The third kappa shape index (κ3) is 3.12. The van der Waals surface area contributed by atoms with E-state index in [2.05, 4.69) is 0 Å². The van der Waals surface area contributed by atoms with Crippen molar-refractivity contribution in [1.29, 1.82) is 0 Å². The molecule has 0 unspecified atom stereocenters. The number of hydrogen-bond acceptors (Lipinski definition) is 5. The molecule has 0 saturated heterocycles. The Morgan fingerprint density at radius 3 is 2.40 bits per heavy atom. The molecule has 0 spiro atoms. The molecule has 0 saturated carbocycles. The van der Waals surface area contributed by atoms with E-state index in [1.54, 1.807) is 6.26 Å². The van der Waals surface area contributed by atoms with Gasteiger partial charge in [0.05, 0.1) is 19.5 Å². The van der Waals surface area contributed by atoms with Crippen molar-refractivity contribution < 1.29 is 14.6 Å². The number of benzene rings is 1. The molecule has 5 nitrogen and oxygen atoms in total. The number of rotatable bonds is 6. The quantitative estimate of drug-likeness (QED) is 0.698. The first-order valence-corrected chi connectivity index (χ1v) is 6.57. The highest BCUT2D eigenvalue weighted by Crippen LogP contribution is 2.33. The largest absolute Gasteiger partial charge is 0.469 e. The molecule has 0 radical (unpaired) electrons. The lowest BCUT2D eigenvalue weighted by molar-refractivity contribution is 0.281. The number of nitrogen functional groups attached to an aromatic ring is 1. The molecule has 0 fully saturated rings. The SMILES string of the molecule is Cc1cc(-c2cc(N)ccc2N(CCO)CCO)co1. The first-order valence-electron chi connectivity index (χ1n) is 6.57. The van der Waals surface area contributed by atoms with E-state index >= 15 is 0 Å². The van der Waals surface area contributed by atoms with Gasteiger partial charge < -0.3 is 25.3 Å². The molecule has 1 heterocycles. The smallest absolute Gasteiger partial charge is 0.101 e. The van der Waals surface area contributed by atoms with Gasteiger partial charge in [-0.25, -0.2) is 0 Å². The van der Waals surface area contributed by atoms with Crippen molar-refractivity contribution in [3.05, 3.63) is 36.3 Å². The maximum atomic E-state index is 9.18. The Morgan fingerprint density at radius 2 is 1.85 bits per heavy atom. The zero-order valence-electron chi connectivity index (χ0n) is 11.5. The summed E-state index contributed by atoms with van der Waals surface area (Å²) in [4.78, 5) is 1.93. The van der Waals surface area contributed by atoms with Crippen LogP contribution in [-0.4, -0.2) is 36.5 Å². The van der Waals surface area contributed by atoms with Crippen molar-refractivity contribution >= 4 is 11.4 Å². The maximum Gasteiger partial charge on any atom is 0.101 e. The predicted octanol–water partition coefficient (Wildman–Crippen LogP) is 1.63. The molecule has 5 heteroatoms. The molecule has 2 aromatic rings. The number of aryl methyl sites for hydroxylation is 1. The van der Waals surface area contributed by atoms with E-state index in [-0.39, 0.29) is 13.2 Å². The molecule has 108 valence electrons. The van der Waals surface area contributed by atoms with Gasteiger partial charge in [0.15, 0.2) is 0 Å². The number of aliphatic hydroxyl groups is 2. The first-order chi connectivity index (χ1) is 9.65. The second-order valence-electron chi connectivity index (χ2n) is 4.66. The van der Waals surface area contributed by atoms with Crippen molar-refractivity contribution in [2.45, 2.75) is 6.92 Å². The minimum Gasteiger partial charge on any atom is -0.469 e. The third-order valence-corrected chi connectivity index (χ3v) is 3.14. The van der Waals surface area contributed by atoms with E-state index in [1.807, 2.05) is 36.1 Å². The van der Waals surface area contributed by atoms with E-state index < -0.39 is 0 Å². The summed E-state index contributed by atoms with van der Waals surface area (Å²) in [5.74, 6) is 0.823. The van der Waals surface area contributed by atoms with Gasteiger partial charge in [-0.05, 0) is 31.2 Å². The summed E-state index contributed by atoms with van der Waals surface area (Å²) in [6, 6.07) is 7.53. The molecule has 0 aliphatic carbocycles. The first kappa shape index (κ1) is 14.4. The average Bonchev–Trinajstić information content (AvgIpc) is 2.85. The Hall–Kier alpha value is -1.98. The van der Waals surface area contributed by atoms with Gasteiger partial charge in [0.25, 0.3) is 0 Å². The average molecular weight is 276 g/mol. The fraction of sp³-hybridized carbons (Fsp3) is 0.333. The molecule has 1 aromatic heterocycles. The maximum absolute atomic E-state index is 9.18. The Morgan fingerprint density at radius 1 is 1.15 bits per heavy atom. The summed E-state index contributed by atoms with van der Waals surface area (Å²) in [6.07, 6.45) is 1.68. The number of nitrogens with two attached hydrogens (primary N) is 1. The highest BCUT2D eigenvalue weighted by Gasteiger charge is 2.14. The standard InChI is InChI=1S/C15H20N2O3/c1-11-8-12(10-20-11)14-9-13(16)2-3-15(14)17(4-6-18)5-7-19/h2-3,8-10,18-19H,4-7,16H2,1H3. The van der Waals surface area contributed by atoms with Gasteiger partial charge in [-0.3, -0.25) is 0 Å². The van der Waals surface area contributed by atoms with Crippen molar-refractivity contribution in [1.82, 2.24) is 0 Å². The van der Waals surface area contributed by atoms with Crippen LogP contribution in [0.4, 0.5) is 11.4 Å². The number of anilines is 2. The van der Waals surface area contributed by atoms with Gasteiger partial charge in [-0.2, -0.15) is 0 Å². The predicted molar refractivity (Wildman–Crippen MR) is 79.7 cm³/mol. The summed E-state index contributed by atoms with van der Waals surface area (Å²) in [5, 5.41) is 18.4. The highest BCUT2D eigenvalue weighted by molar-refractivity contribution is 5.81. The Bertz CT molecular complexity index is 560. The van der Waals surface area contributed by atoms with Gasteiger partial charge in [0.1, 0.15) is 5.76 Å². The van der Waals surface area contributed by atoms with Crippen LogP contribution in [0.25, 0.3) is 11.1 Å². The molecule has 0 amide bonds. The number of furan rings is 1. The van der Waals surface area contributed by atoms with E-state index in [0.29, 0.717) is 18.8 Å². The van der Waals surface area contributed by atoms with Gasteiger partial charge in [0, 0.05) is 35.6 Å². The molecule has 0 atom stereocenters. The van der Waals surface area contributed by atoms with E-state index in [0.717, 1.165) is 22.6 Å². The van der Waals surface area contributed by atoms with E-state index in [9.17, 15) is 10.2 Å². The lowest BCUT2D eigenvalue weighted by Crippen LogP contribution is -2.30. The van der Waals surface area contributed by atoms with Crippen LogP contribution in [0.3, 0.4) is 0 Å². The minimum atomic E-state index is 0.0221. The number of nitrogens with zero attached hydrogens (tertiary/aromatic N) is 1. The van der Waals surface area contributed by atoms with Gasteiger partial charge in [-0.1, -0.05) is 0 Å². The summed E-state index contributed by atoms with van der Waals surface area (Å²) >= 11 is 0. The summed E-state index contributed by atoms with van der Waals surface area (Å²) in [7, 11) is 0. The highest BCUT2D eigenvalue weighted by atomic mass is 16.3. The molecule has 0 aliphatic rings. The van der Waals surface area contributed by atoms with Crippen LogP contribution in [0.2, 0.25) is 0 Å². The molecular weight excluding hydrogens is 256 g/mol. The molecule has 0 aliphatic heterocycles. The third-order valence-electron chi connectivity index (χ3n) is 3.14. The van der Waals surface area contributed by atoms with Crippen LogP contribution < -0.4 is 10.6 Å². The van der Waals surface area contributed by atoms with E-state index in [4.69, 9.17) is 10.2 Å². The topological polar surface area (TPSA) is 82.9 Å². The molecule has 20 heavy (non-hydrogen) atoms. The molecule has 4 N–H and O–H groups in total. The van der Waals surface area contributed by atoms with Crippen molar-refractivity contribution in [2.24, 2.45) is 0 Å². The lowest BCUT2D eigenvalue weighted by atomic mass is 10.0. The summed E-state index contributed by atoms with van der Waals surface area (Å²) < 4.78 is 5.36. The van der Waals surface area contributed by atoms with Crippen LogP contribution in [0.1, 0.15) is 5.76 Å². The Balaban J connectivity index is 2.46. The van der Waals surface area contributed by atoms with Crippen LogP contribution in [0, 0.1) is 6.92 Å². The summed E-state index contributed by atoms with van der Waals surface area (Å²) in [5.41, 5.74) is 9.32. The molecule has 0 bridgehead atoms. The lowest BCUT2D eigenvalue weighted by Gasteiger charge is -2.25. The monoisotopic (exact) mass is 276 g/mol. The Kier molecular flexibility index (Phi) is 4.65. The second kappa shape index (κ2) is 6.45. The van der Waals surface area contributed by atoms with Crippen molar-refractivity contribution in [2.75, 3.05) is 36.9 Å². The zero-order valence-corrected chi connectivity index (χ0v) is 11.5. The van der Waals surface area contributed by atoms with Crippen LogP contribution in [-0.2, 0) is 0 Å². The van der Waals surface area contributed by atoms with Crippen LogP contribution in [0.5, 0.6) is 0 Å².